The first-order valence-corrected chi connectivity index (χ1v) is 10.7. The molecule has 0 atom stereocenters. The van der Waals surface area contributed by atoms with Gasteiger partial charge in [0.05, 0.1) is 13.3 Å². The maximum Gasteiger partial charge on any atom is 0.329 e. The molecule has 0 spiro atoms. The molecule has 180 valence electrons. The molecule has 0 aliphatic heterocycles. The minimum Gasteiger partial charge on any atom is -0.497 e. The standard InChI is InChI=1S/C26H26N4O5/c1-17-10-11-23(18(2)12-17)29-24(31)16-35-22-9-4-6-19(13-22)15-27-30-26(33)25(32)28-20-7-5-8-21(14-20)34-3/h4-15H,16H2,1-3H3,(H,28,32)(H,29,31)(H,30,33)/b27-15-. The zero-order valence-electron chi connectivity index (χ0n) is 19.6. The smallest absolute Gasteiger partial charge is 0.329 e. The van der Waals surface area contributed by atoms with Crippen LogP contribution in [0.3, 0.4) is 0 Å². The lowest BCUT2D eigenvalue weighted by Gasteiger charge is -2.10. The van der Waals surface area contributed by atoms with E-state index < -0.39 is 11.8 Å². The van der Waals surface area contributed by atoms with Crippen LogP contribution < -0.4 is 25.5 Å². The minimum absolute atomic E-state index is 0.172. The minimum atomic E-state index is -0.931. The van der Waals surface area contributed by atoms with E-state index in [0.29, 0.717) is 22.7 Å². The fourth-order valence-electron chi connectivity index (χ4n) is 3.08. The maximum absolute atomic E-state index is 12.2. The molecule has 3 aromatic rings. The zero-order valence-corrected chi connectivity index (χ0v) is 19.6. The highest BCUT2D eigenvalue weighted by molar-refractivity contribution is 6.39. The third-order valence-corrected chi connectivity index (χ3v) is 4.80. The van der Waals surface area contributed by atoms with E-state index in [-0.39, 0.29) is 12.5 Å². The van der Waals surface area contributed by atoms with Gasteiger partial charge in [-0.1, -0.05) is 35.9 Å². The second kappa shape index (κ2) is 12.0. The summed E-state index contributed by atoms with van der Waals surface area (Å²) in [7, 11) is 1.50. The third kappa shape index (κ3) is 7.71. The lowest BCUT2D eigenvalue weighted by Crippen LogP contribution is -2.32. The first kappa shape index (κ1) is 25.0. The largest absolute Gasteiger partial charge is 0.497 e. The van der Waals surface area contributed by atoms with Crippen molar-refractivity contribution in [2.75, 3.05) is 24.4 Å². The number of amides is 3. The Morgan fingerprint density at radius 1 is 0.886 bits per heavy atom. The molecule has 9 nitrogen and oxygen atoms in total. The molecule has 3 aromatic carbocycles. The van der Waals surface area contributed by atoms with Gasteiger partial charge in [0.1, 0.15) is 11.5 Å². The average Bonchev–Trinajstić information content (AvgIpc) is 2.85. The number of rotatable bonds is 8. The van der Waals surface area contributed by atoms with Crippen molar-refractivity contribution in [3.8, 4) is 11.5 Å². The number of aryl methyl sites for hydroxylation is 2. The number of ether oxygens (including phenoxy) is 2. The summed E-state index contributed by atoms with van der Waals surface area (Å²) >= 11 is 0. The van der Waals surface area contributed by atoms with Crippen LogP contribution in [0.5, 0.6) is 11.5 Å². The Morgan fingerprint density at radius 2 is 1.66 bits per heavy atom. The van der Waals surface area contributed by atoms with Crippen LogP contribution in [0.25, 0.3) is 0 Å². The summed E-state index contributed by atoms with van der Waals surface area (Å²) in [6.45, 7) is 3.74. The fourth-order valence-corrected chi connectivity index (χ4v) is 3.08. The third-order valence-electron chi connectivity index (χ3n) is 4.80. The van der Waals surface area contributed by atoms with Gasteiger partial charge >= 0.3 is 11.8 Å². The number of nitrogens with zero attached hydrogens (tertiary/aromatic N) is 1. The second-order valence-electron chi connectivity index (χ2n) is 7.61. The van der Waals surface area contributed by atoms with Crippen LogP contribution in [-0.2, 0) is 14.4 Å². The molecule has 0 saturated heterocycles. The van der Waals surface area contributed by atoms with Crippen molar-refractivity contribution < 1.29 is 23.9 Å². The van der Waals surface area contributed by atoms with E-state index in [1.807, 2.05) is 32.0 Å². The fraction of sp³-hybridized carbons (Fsp3) is 0.154. The summed E-state index contributed by atoms with van der Waals surface area (Å²) in [4.78, 5) is 36.3. The first-order chi connectivity index (χ1) is 16.8. The Balaban J connectivity index is 1.49. The maximum atomic E-state index is 12.2. The van der Waals surface area contributed by atoms with Gasteiger partial charge in [-0.2, -0.15) is 5.10 Å². The molecule has 0 saturated carbocycles. The highest BCUT2D eigenvalue weighted by Crippen LogP contribution is 2.17. The monoisotopic (exact) mass is 474 g/mol. The first-order valence-electron chi connectivity index (χ1n) is 10.7. The van der Waals surface area contributed by atoms with Crippen molar-refractivity contribution >= 4 is 35.3 Å². The number of hydrazone groups is 1. The molecule has 3 N–H and O–H groups in total. The number of anilines is 2. The summed E-state index contributed by atoms with van der Waals surface area (Å²) in [5.74, 6) is -1.09. The van der Waals surface area contributed by atoms with Gasteiger partial charge in [0.2, 0.25) is 0 Å². The van der Waals surface area contributed by atoms with Crippen LogP contribution >= 0.6 is 0 Å². The number of methoxy groups -OCH3 is 1. The van der Waals surface area contributed by atoms with E-state index in [1.165, 1.54) is 13.3 Å². The van der Waals surface area contributed by atoms with Crippen LogP contribution in [0.2, 0.25) is 0 Å². The van der Waals surface area contributed by atoms with E-state index >= 15 is 0 Å². The van der Waals surface area contributed by atoms with Gasteiger partial charge in [-0.05, 0) is 55.3 Å². The average molecular weight is 475 g/mol. The lowest BCUT2D eigenvalue weighted by atomic mass is 10.1. The van der Waals surface area contributed by atoms with Crippen molar-refractivity contribution in [1.82, 2.24) is 5.43 Å². The molecule has 3 rings (SSSR count). The highest BCUT2D eigenvalue weighted by atomic mass is 16.5. The zero-order chi connectivity index (χ0) is 25.2. The molecule has 3 amide bonds. The number of carbonyl (C=O) groups is 3. The number of carbonyl (C=O) groups excluding carboxylic acids is 3. The molecule has 0 bridgehead atoms. The quantitative estimate of drug-likeness (QED) is 0.263. The number of benzene rings is 3. The van der Waals surface area contributed by atoms with Gasteiger partial charge in [-0.3, -0.25) is 14.4 Å². The predicted octanol–water partition coefficient (Wildman–Crippen LogP) is 3.42. The Morgan fingerprint density at radius 3 is 2.43 bits per heavy atom. The van der Waals surface area contributed by atoms with Crippen LogP contribution in [0.15, 0.2) is 71.8 Å². The van der Waals surface area contributed by atoms with Gasteiger partial charge in [0.15, 0.2) is 6.61 Å². The van der Waals surface area contributed by atoms with E-state index in [4.69, 9.17) is 9.47 Å². The molecule has 0 aliphatic rings. The second-order valence-corrected chi connectivity index (χ2v) is 7.61. The van der Waals surface area contributed by atoms with E-state index in [9.17, 15) is 14.4 Å². The molecule has 0 aliphatic carbocycles. The van der Waals surface area contributed by atoms with Crippen LogP contribution in [-0.4, -0.2) is 37.7 Å². The summed E-state index contributed by atoms with van der Waals surface area (Å²) in [6, 6.07) is 19.2. The van der Waals surface area contributed by atoms with Crippen molar-refractivity contribution in [1.29, 1.82) is 0 Å². The van der Waals surface area contributed by atoms with E-state index in [1.54, 1.807) is 48.5 Å². The molecule has 0 heterocycles. The van der Waals surface area contributed by atoms with Gasteiger partial charge in [0, 0.05) is 17.4 Å². The summed E-state index contributed by atoms with van der Waals surface area (Å²) in [6.07, 6.45) is 1.36. The topological polar surface area (TPSA) is 118 Å². The Bertz CT molecular complexity index is 1260. The molecular formula is C26H26N4O5. The number of hydrogen-bond donors (Lipinski definition) is 3. The lowest BCUT2D eigenvalue weighted by molar-refractivity contribution is -0.136. The molecule has 35 heavy (non-hydrogen) atoms. The molecule has 0 radical (unpaired) electrons. The highest BCUT2D eigenvalue weighted by Gasteiger charge is 2.13. The molecule has 9 heteroatoms. The van der Waals surface area contributed by atoms with Crippen molar-refractivity contribution in [3.05, 3.63) is 83.4 Å². The van der Waals surface area contributed by atoms with Crippen LogP contribution in [0.4, 0.5) is 11.4 Å². The Labute approximate surface area is 203 Å². The van der Waals surface area contributed by atoms with Gasteiger partial charge < -0.3 is 20.1 Å². The van der Waals surface area contributed by atoms with Crippen LogP contribution in [0, 0.1) is 13.8 Å². The van der Waals surface area contributed by atoms with Crippen molar-refractivity contribution in [2.45, 2.75) is 13.8 Å². The van der Waals surface area contributed by atoms with E-state index in [2.05, 4.69) is 21.2 Å². The van der Waals surface area contributed by atoms with Crippen molar-refractivity contribution in [2.24, 2.45) is 5.10 Å². The molecular weight excluding hydrogens is 448 g/mol. The number of nitrogens with one attached hydrogen (secondary N) is 3. The predicted molar refractivity (Wildman–Crippen MR) is 134 cm³/mol. The normalized spacial score (nSPS) is 10.5. The summed E-state index contributed by atoms with van der Waals surface area (Å²) in [5.41, 5.74) is 6.00. The summed E-state index contributed by atoms with van der Waals surface area (Å²) in [5, 5.41) is 9.08. The Hall–Kier alpha value is -4.66. The molecule has 0 aromatic heterocycles. The molecule has 0 unspecified atom stereocenters. The number of hydrogen-bond acceptors (Lipinski definition) is 6. The van der Waals surface area contributed by atoms with Crippen LogP contribution in [0.1, 0.15) is 16.7 Å². The van der Waals surface area contributed by atoms with E-state index in [0.717, 1.165) is 16.8 Å². The SMILES string of the molecule is COc1cccc(NC(=O)C(=O)N/N=C\c2cccc(OCC(=O)Nc3ccc(C)cc3C)c2)c1. The molecule has 0 fully saturated rings. The van der Waals surface area contributed by atoms with Gasteiger partial charge in [-0.25, -0.2) is 5.43 Å². The van der Waals surface area contributed by atoms with Gasteiger partial charge in [0.25, 0.3) is 5.91 Å². The van der Waals surface area contributed by atoms with Gasteiger partial charge in [-0.15, -0.1) is 0 Å². The summed E-state index contributed by atoms with van der Waals surface area (Å²) < 4.78 is 10.6. The Kier molecular flexibility index (Phi) is 8.55. The van der Waals surface area contributed by atoms with Crippen molar-refractivity contribution in [3.63, 3.8) is 0 Å².